The van der Waals surface area contributed by atoms with Gasteiger partial charge in [0.05, 0.1) is 6.61 Å². The summed E-state index contributed by atoms with van der Waals surface area (Å²) < 4.78 is 15.3. The zero-order chi connectivity index (χ0) is 18.2. The first-order chi connectivity index (χ1) is 11.2. The molecule has 9 N–H and O–H groups in total. The van der Waals surface area contributed by atoms with E-state index in [4.69, 9.17) is 25.1 Å². The Morgan fingerprint density at radius 3 is 2.12 bits per heavy atom. The number of nitrogens with two attached hydrogens (primary N) is 1. The van der Waals surface area contributed by atoms with Crippen LogP contribution in [0.1, 0.15) is 0 Å². The Labute approximate surface area is 135 Å². The smallest absolute Gasteiger partial charge is 0.249 e. The van der Waals surface area contributed by atoms with E-state index in [1.165, 1.54) is 0 Å². The van der Waals surface area contributed by atoms with Crippen LogP contribution in [0.2, 0.25) is 0 Å². The van der Waals surface area contributed by atoms with E-state index in [1.54, 1.807) is 0 Å². The molecule has 1 amide bonds. The molecule has 2 heterocycles. The zero-order valence-corrected chi connectivity index (χ0v) is 12.4. The van der Waals surface area contributed by atoms with Crippen LogP contribution < -0.4 is 5.73 Å². The van der Waals surface area contributed by atoms with E-state index >= 15 is 0 Å². The van der Waals surface area contributed by atoms with Gasteiger partial charge in [0.1, 0.15) is 43.2 Å². The average Bonchev–Trinajstić information content (AvgIpc) is 2.80. The van der Waals surface area contributed by atoms with Crippen LogP contribution >= 0.6 is 0 Å². The van der Waals surface area contributed by atoms with Crippen molar-refractivity contribution in [2.45, 2.75) is 54.8 Å². The van der Waals surface area contributed by atoms with Crippen molar-refractivity contribution in [2.24, 2.45) is 5.73 Å². The largest absolute Gasteiger partial charge is 0.394 e. The molecule has 140 valence electrons. The lowest BCUT2D eigenvalue weighted by Crippen LogP contribution is -2.64. The summed E-state index contributed by atoms with van der Waals surface area (Å²) in [4.78, 5) is 11.2. The Morgan fingerprint density at radius 1 is 1.04 bits per heavy atom. The molecule has 0 bridgehead atoms. The average molecular weight is 355 g/mol. The van der Waals surface area contributed by atoms with Gasteiger partial charge in [-0.3, -0.25) is 4.79 Å². The summed E-state index contributed by atoms with van der Waals surface area (Å²) in [5.41, 5.74) is 5.02. The van der Waals surface area contributed by atoms with Gasteiger partial charge in [0, 0.05) is 0 Å². The molecule has 0 saturated carbocycles. The molecule has 0 aliphatic carbocycles. The highest BCUT2D eigenvalue weighted by Gasteiger charge is 2.58. The third-order valence-electron chi connectivity index (χ3n) is 4.07. The summed E-state index contributed by atoms with van der Waals surface area (Å²) in [5.74, 6) is -3.45. The van der Waals surface area contributed by atoms with E-state index in [0.717, 1.165) is 0 Å². The molecule has 0 aromatic rings. The van der Waals surface area contributed by atoms with Crippen LogP contribution in [0, 0.1) is 0 Å². The van der Waals surface area contributed by atoms with Gasteiger partial charge in [-0.2, -0.15) is 0 Å². The molecule has 0 spiro atoms. The van der Waals surface area contributed by atoms with Crippen LogP contribution in [-0.2, 0) is 19.0 Å². The van der Waals surface area contributed by atoms with Crippen molar-refractivity contribution in [3.05, 3.63) is 0 Å². The van der Waals surface area contributed by atoms with Crippen LogP contribution in [0.3, 0.4) is 0 Å². The molecule has 12 nitrogen and oxygen atoms in total. The lowest BCUT2D eigenvalue weighted by atomic mass is 9.98. The highest BCUT2D eigenvalue weighted by molar-refractivity contribution is 5.79. The number of aliphatic hydroxyl groups excluding tert-OH is 7. The quantitative estimate of drug-likeness (QED) is 0.232. The van der Waals surface area contributed by atoms with Gasteiger partial charge < -0.3 is 55.7 Å². The normalized spacial score (nSPS) is 49.3. The predicted molar refractivity (Wildman–Crippen MR) is 70.8 cm³/mol. The minimum absolute atomic E-state index is 0.706. The van der Waals surface area contributed by atoms with Gasteiger partial charge in [-0.05, 0) is 0 Å². The molecule has 0 radical (unpaired) electrons. The first-order valence-electron chi connectivity index (χ1n) is 7.11. The number of carbonyl (C=O) groups is 1. The van der Waals surface area contributed by atoms with Crippen molar-refractivity contribution in [1.82, 2.24) is 0 Å². The maximum absolute atomic E-state index is 11.2. The number of ether oxygens (including phenoxy) is 3. The van der Waals surface area contributed by atoms with Crippen molar-refractivity contribution < 1.29 is 54.8 Å². The molecule has 0 aromatic heterocycles. The van der Waals surface area contributed by atoms with Gasteiger partial charge in [-0.25, -0.2) is 0 Å². The number of hydrogen-bond donors (Lipinski definition) is 8. The van der Waals surface area contributed by atoms with E-state index in [1.807, 2.05) is 0 Å². The summed E-state index contributed by atoms with van der Waals surface area (Å²) in [7, 11) is 0. The molecule has 2 fully saturated rings. The van der Waals surface area contributed by atoms with E-state index in [-0.39, 0.29) is 0 Å². The number of rotatable bonds is 5. The minimum atomic E-state index is -2.30. The number of hydrogen-bond acceptors (Lipinski definition) is 11. The van der Waals surface area contributed by atoms with Crippen LogP contribution in [0.25, 0.3) is 0 Å². The van der Waals surface area contributed by atoms with Gasteiger partial charge >= 0.3 is 0 Å². The van der Waals surface area contributed by atoms with Gasteiger partial charge in [-0.15, -0.1) is 0 Å². The Bertz CT molecular complexity index is 464. The number of primary amides is 1. The van der Waals surface area contributed by atoms with Gasteiger partial charge in [0.25, 0.3) is 0 Å². The summed E-state index contributed by atoms with van der Waals surface area (Å²) in [5, 5.41) is 67.7. The van der Waals surface area contributed by atoms with Crippen LogP contribution in [-0.4, -0.2) is 110 Å². The van der Waals surface area contributed by atoms with Crippen molar-refractivity contribution >= 4 is 5.91 Å². The number of carbonyl (C=O) groups excluding carboxylic acids is 1. The predicted octanol–water partition coefficient (Wildman–Crippen LogP) is -5.90. The van der Waals surface area contributed by atoms with Crippen molar-refractivity contribution in [1.29, 1.82) is 0 Å². The van der Waals surface area contributed by atoms with E-state index in [9.17, 15) is 35.4 Å². The fourth-order valence-electron chi connectivity index (χ4n) is 2.65. The topological polar surface area (TPSA) is 212 Å². The molecular weight excluding hydrogens is 334 g/mol. The van der Waals surface area contributed by atoms with Crippen molar-refractivity contribution in [3.63, 3.8) is 0 Å². The second kappa shape index (κ2) is 7.13. The summed E-state index contributed by atoms with van der Waals surface area (Å²) in [6.45, 7) is -1.73. The Kier molecular flexibility index (Phi) is 5.76. The lowest BCUT2D eigenvalue weighted by molar-refractivity contribution is -0.378. The maximum Gasteiger partial charge on any atom is 0.249 e. The molecule has 12 heteroatoms. The van der Waals surface area contributed by atoms with Crippen molar-refractivity contribution in [3.8, 4) is 0 Å². The summed E-state index contributed by atoms with van der Waals surface area (Å²) >= 11 is 0. The summed E-state index contributed by atoms with van der Waals surface area (Å²) in [6.07, 6.45) is -13.9. The number of aliphatic hydroxyl groups is 7. The second-order valence-electron chi connectivity index (χ2n) is 5.66. The van der Waals surface area contributed by atoms with Gasteiger partial charge in [0.15, 0.2) is 12.4 Å². The monoisotopic (exact) mass is 355 g/mol. The fraction of sp³-hybridized carbons (Fsp3) is 0.917. The van der Waals surface area contributed by atoms with Crippen LogP contribution in [0.5, 0.6) is 0 Å². The van der Waals surface area contributed by atoms with E-state index in [0.29, 0.717) is 0 Å². The van der Waals surface area contributed by atoms with E-state index < -0.39 is 73.9 Å². The molecule has 2 aliphatic heterocycles. The second-order valence-corrected chi connectivity index (χ2v) is 5.66. The van der Waals surface area contributed by atoms with Gasteiger partial charge in [0.2, 0.25) is 11.7 Å². The standard InChI is InChI=1S/C12H21NO11/c13-10(21)8-6(18)5(17)7(19)11(22-8)24-12(2-15)9(20)4(16)3(1-14)23-12/h3-9,11,14-20H,1-2H2,(H2,13,21)/t3-,4-,5+,6+,7-,8+,9+,11-,12-/m1/s1. The highest BCUT2D eigenvalue weighted by atomic mass is 16.8. The molecule has 9 atom stereocenters. The third-order valence-corrected chi connectivity index (χ3v) is 4.07. The number of amides is 1. The minimum Gasteiger partial charge on any atom is -0.394 e. The van der Waals surface area contributed by atoms with Crippen LogP contribution in [0.4, 0.5) is 0 Å². The Balaban J connectivity index is 2.22. The van der Waals surface area contributed by atoms with Gasteiger partial charge in [-0.1, -0.05) is 0 Å². The molecule has 2 aliphatic rings. The Hall–Kier alpha value is -0.930. The van der Waals surface area contributed by atoms with E-state index in [2.05, 4.69) is 0 Å². The first kappa shape index (κ1) is 19.4. The highest BCUT2D eigenvalue weighted by Crippen LogP contribution is 2.35. The SMILES string of the molecule is NC(=O)[C@H]1O[C@H](O[C@@]2(CO)O[C@H](CO)[C@@H](O)[C@@H]2O)[C@H](O)[C@@H](O)[C@@H]1O. The molecule has 24 heavy (non-hydrogen) atoms. The fourth-order valence-corrected chi connectivity index (χ4v) is 2.65. The lowest BCUT2D eigenvalue weighted by Gasteiger charge is -2.42. The Morgan fingerprint density at radius 2 is 1.67 bits per heavy atom. The molecule has 0 aromatic carbocycles. The van der Waals surface area contributed by atoms with Crippen molar-refractivity contribution in [2.75, 3.05) is 13.2 Å². The zero-order valence-electron chi connectivity index (χ0n) is 12.4. The maximum atomic E-state index is 11.2. The molecule has 0 unspecified atom stereocenters. The summed E-state index contributed by atoms with van der Waals surface area (Å²) in [6, 6.07) is 0. The molecule has 2 saturated heterocycles. The third kappa shape index (κ3) is 3.13. The van der Waals surface area contributed by atoms with Crippen LogP contribution in [0.15, 0.2) is 0 Å². The molecular formula is C12H21NO11. The molecule has 2 rings (SSSR count). The first-order valence-corrected chi connectivity index (χ1v) is 7.11.